The van der Waals surface area contributed by atoms with E-state index in [2.05, 4.69) is 4.98 Å². The average Bonchev–Trinajstić information content (AvgIpc) is 2.14. The van der Waals surface area contributed by atoms with Crippen LogP contribution in [-0.4, -0.2) is 4.98 Å². The fourth-order valence-electron chi connectivity index (χ4n) is 0.308. The molecule has 0 saturated heterocycles. The summed E-state index contributed by atoms with van der Waals surface area (Å²) in [5.41, 5.74) is 0. The fraction of sp³-hybridized carbons (Fsp3) is 0. The Hall–Kier alpha value is -1.05. The molecule has 0 aliphatic heterocycles. The van der Waals surface area contributed by atoms with E-state index in [0.717, 1.165) is 0 Å². The van der Waals surface area contributed by atoms with Gasteiger partial charge in [0.05, 0.1) is 6.20 Å². The Morgan fingerprint density at radius 1 is 1.86 bits per heavy atom. The van der Waals surface area contributed by atoms with Gasteiger partial charge in [0.2, 0.25) is 0 Å². The first-order valence-electron chi connectivity index (χ1n) is 1.87. The molecule has 0 aliphatic carbocycles. The van der Waals surface area contributed by atoms with Crippen molar-refractivity contribution in [1.29, 1.82) is 0 Å². The van der Waals surface area contributed by atoms with Crippen LogP contribution < -0.4 is 0 Å². The zero-order chi connectivity index (χ0) is 5.11. The molecule has 2 nitrogen and oxygen atoms in total. The van der Waals surface area contributed by atoms with E-state index in [9.17, 15) is 0 Å². The van der Waals surface area contributed by atoms with Crippen LogP contribution >= 0.6 is 0 Å². The Bertz CT molecular complexity index is 143. The monoisotopic (exact) mass is 94.0 g/mol. The third kappa shape index (κ3) is 0.682. The zero-order valence-electron chi connectivity index (χ0n) is 3.66. The van der Waals surface area contributed by atoms with Crippen molar-refractivity contribution in [1.82, 2.24) is 4.98 Å². The van der Waals surface area contributed by atoms with E-state index in [0.29, 0.717) is 5.76 Å². The van der Waals surface area contributed by atoms with Crippen molar-refractivity contribution in [2.45, 2.75) is 0 Å². The van der Waals surface area contributed by atoms with Crippen LogP contribution in [0, 0.1) is 6.58 Å². The molecule has 0 atom stereocenters. The summed E-state index contributed by atoms with van der Waals surface area (Å²) < 4.78 is 4.69. The SMILES string of the molecule is [CH]=Cc1cnco1. The van der Waals surface area contributed by atoms with Crippen molar-refractivity contribution in [2.75, 3.05) is 0 Å². The van der Waals surface area contributed by atoms with Crippen LogP contribution in [0.25, 0.3) is 6.08 Å². The highest BCUT2D eigenvalue weighted by atomic mass is 16.3. The highest BCUT2D eigenvalue weighted by molar-refractivity contribution is 5.34. The van der Waals surface area contributed by atoms with Gasteiger partial charge in [0.1, 0.15) is 5.76 Å². The Balaban J connectivity index is 2.96. The van der Waals surface area contributed by atoms with Crippen LogP contribution in [0.3, 0.4) is 0 Å². The highest BCUT2D eigenvalue weighted by Gasteiger charge is 1.81. The molecular formula is C5H4NO. The second kappa shape index (κ2) is 1.60. The van der Waals surface area contributed by atoms with Gasteiger partial charge in [-0.15, -0.1) is 0 Å². The summed E-state index contributed by atoms with van der Waals surface area (Å²) in [6, 6.07) is 0. The van der Waals surface area contributed by atoms with Crippen molar-refractivity contribution in [3.8, 4) is 0 Å². The van der Waals surface area contributed by atoms with Crippen molar-refractivity contribution >= 4 is 6.08 Å². The first-order valence-corrected chi connectivity index (χ1v) is 1.87. The van der Waals surface area contributed by atoms with Crippen LogP contribution in [0.2, 0.25) is 0 Å². The van der Waals surface area contributed by atoms with E-state index in [1.54, 1.807) is 6.20 Å². The van der Waals surface area contributed by atoms with Gasteiger partial charge >= 0.3 is 0 Å². The van der Waals surface area contributed by atoms with Gasteiger partial charge in [-0.2, -0.15) is 0 Å². The summed E-state index contributed by atoms with van der Waals surface area (Å²) in [7, 11) is 0. The summed E-state index contributed by atoms with van der Waals surface area (Å²) >= 11 is 0. The highest BCUT2D eigenvalue weighted by Crippen LogP contribution is 1.94. The molecule has 0 unspecified atom stereocenters. The standard InChI is InChI=1S/C5H4NO/c1-2-5-3-6-4-7-5/h1-4H. The summed E-state index contributed by atoms with van der Waals surface area (Å²) in [4.78, 5) is 3.62. The molecule has 0 saturated carbocycles. The number of nitrogens with zero attached hydrogens (tertiary/aromatic N) is 1. The Labute approximate surface area is 41.5 Å². The minimum absolute atomic E-state index is 0.597. The molecule has 0 bridgehead atoms. The first-order chi connectivity index (χ1) is 3.43. The molecule has 0 aliphatic rings. The minimum atomic E-state index is 0.597. The molecule has 7 heavy (non-hydrogen) atoms. The van der Waals surface area contributed by atoms with Gasteiger partial charge in [-0.1, -0.05) is 6.58 Å². The Morgan fingerprint density at radius 2 is 2.71 bits per heavy atom. The molecule has 0 aromatic carbocycles. The quantitative estimate of drug-likeness (QED) is 0.521. The second-order valence-corrected chi connectivity index (χ2v) is 1.07. The molecule has 0 N–H and O–H groups in total. The number of hydrogen-bond donors (Lipinski definition) is 0. The third-order valence-corrected chi connectivity index (χ3v) is 0.616. The largest absolute Gasteiger partial charge is 0.444 e. The zero-order valence-corrected chi connectivity index (χ0v) is 3.66. The van der Waals surface area contributed by atoms with Crippen LogP contribution in [0.15, 0.2) is 17.0 Å². The van der Waals surface area contributed by atoms with Gasteiger partial charge in [0.15, 0.2) is 6.39 Å². The van der Waals surface area contributed by atoms with E-state index in [1.165, 1.54) is 12.5 Å². The smallest absolute Gasteiger partial charge is 0.181 e. The maximum atomic E-state index is 5.04. The van der Waals surface area contributed by atoms with Crippen LogP contribution in [0.4, 0.5) is 0 Å². The van der Waals surface area contributed by atoms with Gasteiger partial charge in [0, 0.05) is 0 Å². The predicted octanol–water partition coefficient (Wildman–Crippen LogP) is 1.12. The van der Waals surface area contributed by atoms with Gasteiger partial charge in [-0.25, -0.2) is 4.98 Å². The lowest BCUT2D eigenvalue weighted by atomic mass is 10.5. The van der Waals surface area contributed by atoms with E-state index < -0.39 is 0 Å². The first kappa shape index (κ1) is 4.12. The second-order valence-electron chi connectivity index (χ2n) is 1.07. The van der Waals surface area contributed by atoms with Crippen LogP contribution in [0.5, 0.6) is 0 Å². The fourth-order valence-corrected chi connectivity index (χ4v) is 0.308. The van der Waals surface area contributed by atoms with E-state index >= 15 is 0 Å². The molecule has 1 heterocycles. The number of rotatable bonds is 1. The lowest BCUT2D eigenvalue weighted by Gasteiger charge is -1.70. The maximum absolute atomic E-state index is 5.04. The predicted molar refractivity (Wildman–Crippen MR) is 25.3 cm³/mol. The summed E-state index contributed by atoms with van der Waals surface area (Å²) in [5.74, 6) is 0.597. The molecule has 0 amide bonds. The molecule has 1 aromatic heterocycles. The lowest BCUT2D eigenvalue weighted by molar-refractivity contribution is 0.548. The van der Waals surface area contributed by atoms with Gasteiger partial charge in [-0.3, -0.25) is 0 Å². The van der Waals surface area contributed by atoms with Crippen molar-refractivity contribution in [3.63, 3.8) is 0 Å². The topological polar surface area (TPSA) is 26.0 Å². The molecule has 0 fully saturated rings. The molecule has 2 heteroatoms. The molecular weight excluding hydrogens is 90.1 g/mol. The molecule has 1 radical (unpaired) electrons. The summed E-state index contributed by atoms with van der Waals surface area (Å²) in [5, 5.41) is 0. The molecule has 1 rings (SSSR count). The number of oxazole rings is 1. The van der Waals surface area contributed by atoms with Gasteiger partial charge in [-0.05, 0) is 6.08 Å². The van der Waals surface area contributed by atoms with Crippen molar-refractivity contribution in [3.05, 3.63) is 24.9 Å². The number of aromatic nitrogens is 1. The average molecular weight is 94.1 g/mol. The Morgan fingerprint density at radius 3 is 3.00 bits per heavy atom. The van der Waals surface area contributed by atoms with E-state index in [-0.39, 0.29) is 0 Å². The molecule has 35 valence electrons. The molecule has 1 aromatic rings. The van der Waals surface area contributed by atoms with Crippen LogP contribution in [-0.2, 0) is 0 Å². The summed E-state index contributed by atoms with van der Waals surface area (Å²) in [6.07, 6.45) is 4.23. The lowest BCUT2D eigenvalue weighted by Crippen LogP contribution is -1.53. The van der Waals surface area contributed by atoms with Crippen molar-refractivity contribution < 1.29 is 4.42 Å². The molecule has 0 spiro atoms. The summed E-state index contributed by atoms with van der Waals surface area (Å²) in [6.45, 7) is 5.04. The maximum Gasteiger partial charge on any atom is 0.181 e. The van der Waals surface area contributed by atoms with Gasteiger partial charge < -0.3 is 4.42 Å². The minimum Gasteiger partial charge on any atom is -0.444 e. The normalized spacial score (nSPS) is 8.57. The number of hydrogen-bond acceptors (Lipinski definition) is 2. The van der Waals surface area contributed by atoms with Crippen molar-refractivity contribution in [2.24, 2.45) is 0 Å². The van der Waals surface area contributed by atoms with Gasteiger partial charge in [0.25, 0.3) is 0 Å². The Kier molecular flexibility index (Phi) is 0.941. The third-order valence-electron chi connectivity index (χ3n) is 0.616. The van der Waals surface area contributed by atoms with E-state index in [1.807, 2.05) is 0 Å². The van der Waals surface area contributed by atoms with E-state index in [4.69, 9.17) is 11.0 Å². The van der Waals surface area contributed by atoms with Crippen LogP contribution in [0.1, 0.15) is 5.76 Å².